The van der Waals surface area contributed by atoms with Gasteiger partial charge in [0.25, 0.3) is 5.91 Å². The number of hydrogen-bond acceptors (Lipinski definition) is 4. The fourth-order valence-electron chi connectivity index (χ4n) is 3.12. The van der Waals surface area contributed by atoms with E-state index in [-0.39, 0.29) is 29.4 Å². The van der Waals surface area contributed by atoms with Crippen LogP contribution in [0.3, 0.4) is 0 Å². The highest BCUT2D eigenvalue weighted by atomic mass is 32.2. The van der Waals surface area contributed by atoms with E-state index in [9.17, 15) is 13.2 Å². The SMILES string of the molecule is C[C@H](CNC(=O)c1ccc(S(=O)(=O)NC[C@@H]2CCCO2)cc1)c1ccccc1. The molecule has 2 aromatic carbocycles. The molecule has 150 valence electrons. The van der Waals surface area contributed by atoms with Crippen molar-refractivity contribution in [3.8, 4) is 0 Å². The second kappa shape index (κ2) is 9.32. The van der Waals surface area contributed by atoms with Crippen LogP contribution in [0.5, 0.6) is 0 Å². The van der Waals surface area contributed by atoms with E-state index in [1.165, 1.54) is 24.3 Å². The maximum absolute atomic E-state index is 12.4. The minimum absolute atomic E-state index is 0.0635. The Labute approximate surface area is 166 Å². The van der Waals surface area contributed by atoms with E-state index in [1.807, 2.05) is 37.3 Å². The molecule has 0 spiro atoms. The number of carbonyl (C=O) groups excluding carboxylic acids is 1. The number of amides is 1. The summed E-state index contributed by atoms with van der Waals surface area (Å²) < 4.78 is 32.8. The summed E-state index contributed by atoms with van der Waals surface area (Å²) in [4.78, 5) is 12.5. The van der Waals surface area contributed by atoms with Crippen LogP contribution in [0.2, 0.25) is 0 Å². The van der Waals surface area contributed by atoms with Gasteiger partial charge in [0.15, 0.2) is 0 Å². The Balaban J connectivity index is 1.54. The average Bonchev–Trinajstić information content (AvgIpc) is 3.25. The van der Waals surface area contributed by atoms with Crippen molar-refractivity contribution in [3.05, 3.63) is 65.7 Å². The number of sulfonamides is 1. The van der Waals surface area contributed by atoms with Gasteiger partial charge >= 0.3 is 0 Å². The largest absolute Gasteiger partial charge is 0.377 e. The fraction of sp³-hybridized carbons (Fsp3) is 0.381. The zero-order chi connectivity index (χ0) is 20.0. The maximum Gasteiger partial charge on any atom is 0.251 e. The molecule has 0 aliphatic carbocycles. The quantitative estimate of drug-likeness (QED) is 0.711. The van der Waals surface area contributed by atoms with E-state index in [1.54, 1.807) is 0 Å². The monoisotopic (exact) mass is 402 g/mol. The van der Waals surface area contributed by atoms with Crippen LogP contribution < -0.4 is 10.0 Å². The first-order valence-electron chi connectivity index (χ1n) is 9.50. The Morgan fingerprint density at radius 1 is 1.14 bits per heavy atom. The third-order valence-electron chi connectivity index (χ3n) is 4.89. The topological polar surface area (TPSA) is 84.5 Å². The Bertz CT molecular complexity index is 876. The molecule has 6 nitrogen and oxygen atoms in total. The molecule has 0 radical (unpaired) electrons. The Morgan fingerprint density at radius 2 is 1.86 bits per heavy atom. The molecule has 0 saturated carbocycles. The molecule has 3 rings (SSSR count). The summed E-state index contributed by atoms with van der Waals surface area (Å²) >= 11 is 0. The highest BCUT2D eigenvalue weighted by Crippen LogP contribution is 2.15. The summed E-state index contributed by atoms with van der Waals surface area (Å²) in [6, 6.07) is 15.9. The van der Waals surface area contributed by atoms with Crippen LogP contribution in [-0.2, 0) is 14.8 Å². The van der Waals surface area contributed by atoms with E-state index in [2.05, 4.69) is 10.0 Å². The first-order chi connectivity index (χ1) is 13.5. The summed E-state index contributed by atoms with van der Waals surface area (Å²) in [7, 11) is -3.61. The van der Waals surface area contributed by atoms with Crippen LogP contribution in [-0.4, -0.2) is 40.1 Å². The van der Waals surface area contributed by atoms with E-state index in [0.717, 1.165) is 18.4 Å². The standard InChI is InChI=1S/C21H26N2O4S/c1-16(17-6-3-2-4-7-17)14-22-21(24)18-9-11-20(12-10-18)28(25,26)23-15-19-8-5-13-27-19/h2-4,6-7,9-12,16,19,23H,5,8,13-15H2,1H3,(H,22,24)/t16-,19+/m1/s1. The van der Waals surface area contributed by atoms with Crippen LogP contribution in [0.25, 0.3) is 0 Å². The Morgan fingerprint density at radius 3 is 2.50 bits per heavy atom. The van der Waals surface area contributed by atoms with Crippen molar-refractivity contribution < 1.29 is 17.9 Å². The lowest BCUT2D eigenvalue weighted by Gasteiger charge is -2.14. The lowest BCUT2D eigenvalue weighted by Crippen LogP contribution is -2.32. The van der Waals surface area contributed by atoms with Crippen molar-refractivity contribution in [1.29, 1.82) is 0 Å². The van der Waals surface area contributed by atoms with Crippen LogP contribution in [0.4, 0.5) is 0 Å². The van der Waals surface area contributed by atoms with Gasteiger partial charge in [-0.25, -0.2) is 13.1 Å². The molecule has 28 heavy (non-hydrogen) atoms. The third-order valence-corrected chi connectivity index (χ3v) is 6.33. The molecule has 2 N–H and O–H groups in total. The van der Waals surface area contributed by atoms with Crippen LogP contribution in [0.15, 0.2) is 59.5 Å². The van der Waals surface area contributed by atoms with Gasteiger partial charge in [-0.1, -0.05) is 37.3 Å². The fourth-order valence-corrected chi connectivity index (χ4v) is 4.19. The predicted octanol–water partition coefficient (Wildman–Crippen LogP) is 2.68. The van der Waals surface area contributed by atoms with Crippen molar-refractivity contribution >= 4 is 15.9 Å². The van der Waals surface area contributed by atoms with Gasteiger partial charge in [-0.3, -0.25) is 4.79 Å². The Hall–Kier alpha value is -2.22. The number of nitrogens with one attached hydrogen (secondary N) is 2. The summed E-state index contributed by atoms with van der Waals surface area (Å²) in [5.74, 6) is -0.0362. The number of rotatable bonds is 8. The molecule has 0 aromatic heterocycles. The van der Waals surface area contributed by atoms with E-state index in [4.69, 9.17) is 4.74 Å². The normalized spacial score (nSPS) is 18.0. The van der Waals surface area contributed by atoms with Crippen molar-refractivity contribution in [1.82, 2.24) is 10.0 Å². The third kappa shape index (κ3) is 5.41. The van der Waals surface area contributed by atoms with Crippen molar-refractivity contribution in [2.45, 2.75) is 36.7 Å². The highest BCUT2D eigenvalue weighted by molar-refractivity contribution is 7.89. The zero-order valence-corrected chi connectivity index (χ0v) is 16.7. The molecule has 0 bridgehead atoms. The number of ether oxygens (including phenoxy) is 1. The summed E-state index contributed by atoms with van der Waals surface area (Å²) in [5, 5.41) is 2.90. The molecule has 1 heterocycles. The molecule has 1 aliphatic heterocycles. The molecule has 1 aliphatic rings. The van der Waals surface area contributed by atoms with Crippen molar-refractivity contribution in [2.75, 3.05) is 19.7 Å². The minimum Gasteiger partial charge on any atom is -0.377 e. The van der Waals surface area contributed by atoms with Gasteiger partial charge in [-0.15, -0.1) is 0 Å². The average molecular weight is 403 g/mol. The molecule has 2 aromatic rings. The molecule has 1 saturated heterocycles. The van der Waals surface area contributed by atoms with Gasteiger partial charge in [0.1, 0.15) is 0 Å². The summed E-state index contributed by atoms with van der Waals surface area (Å²) in [5.41, 5.74) is 1.58. The van der Waals surface area contributed by atoms with E-state index in [0.29, 0.717) is 18.7 Å². The Kier molecular flexibility index (Phi) is 6.83. The van der Waals surface area contributed by atoms with Crippen LogP contribution in [0, 0.1) is 0 Å². The van der Waals surface area contributed by atoms with E-state index >= 15 is 0 Å². The van der Waals surface area contributed by atoms with Gasteiger partial charge in [-0.05, 0) is 48.6 Å². The number of hydrogen-bond donors (Lipinski definition) is 2. The lowest BCUT2D eigenvalue weighted by atomic mass is 10.0. The smallest absolute Gasteiger partial charge is 0.251 e. The molecule has 2 atom stereocenters. The van der Waals surface area contributed by atoms with E-state index < -0.39 is 10.0 Å². The zero-order valence-electron chi connectivity index (χ0n) is 15.9. The molecule has 1 amide bonds. The van der Waals surface area contributed by atoms with Crippen molar-refractivity contribution in [3.63, 3.8) is 0 Å². The number of carbonyl (C=O) groups is 1. The van der Waals surface area contributed by atoms with Crippen LogP contribution in [0.1, 0.15) is 41.6 Å². The summed E-state index contributed by atoms with van der Waals surface area (Å²) in [6.07, 6.45) is 1.76. The van der Waals surface area contributed by atoms with Gasteiger partial charge < -0.3 is 10.1 Å². The minimum atomic E-state index is -3.61. The number of benzene rings is 2. The van der Waals surface area contributed by atoms with Gasteiger partial charge in [0.05, 0.1) is 11.0 Å². The molecule has 0 unspecified atom stereocenters. The molecular formula is C21H26N2O4S. The van der Waals surface area contributed by atoms with Crippen LogP contribution >= 0.6 is 0 Å². The first-order valence-corrected chi connectivity index (χ1v) is 11.0. The van der Waals surface area contributed by atoms with Gasteiger partial charge in [-0.2, -0.15) is 0 Å². The lowest BCUT2D eigenvalue weighted by molar-refractivity contribution is 0.0951. The predicted molar refractivity (Wildman–Crippen MR) is 108 cm³/mol. The first kappa shape index (κ1) is 20.5. The second-order valence-electron chi connectivity index (χ2n) is 7.03. The summed E-state index contributed by atoms with van der Waals surface area (Å²) in [6.45, 7) is 3.50. The molecular weight excluding hydrogens is 376 g/mol. The maximum atomic E-state index is 12.4. The van der Waals surface area contributed by atoms with Gasteiger partial charge in [0, 0.05) is 25.3 Å². The highest BCUT2D eigenvalue weighted by Gasteiger charge is 2.20. The van der Waals surface area contributed by atoms with Crippen molar-refractivity contribution in [2.24, 2.45) is 0 Å². The van der Waals surface area contributed by atoms with Gasteiger partial charge in [0.2, 0.25) is 10.0 Å². The molecule has 7 heteroatoms. The second-order valence-corrected chi connectivity index (χ2v) is 8.80. The molecule has 1 fully saturated rings.